The highest BCUT2D eigenvalue weighted by Crippen LogP contribution is 2.20. The van der Waals surface area contributed by atoms with Gasteiger partial charge in [-0.15, -0.1) is 0 Å². The standard InChI is InChI=1S/C14H21N/c1-10-4-5-13(8-11(10)2)9-12(3)15-14-6-7-14/h4-5,8,12,14-15H,6-7,9H2,1-3H3. The number of rotatable bonds is 4. The summed E-state index contributed by atoms with van der Waals surface area (Å²) in [5.41, 5.74) is 4.26. The Kier molecular flexibility index (Phi) is 3.11. The van der Waals surface area contributed by atoms with Crippen LogP contribution in [0.25, 0.3) is 0 Å². The Bertz CT molecular complexity index is 339. The summed E-state index contributed by atoms with van der Waals surface area (Å²) in [7, 11) is 0. The summed E-state index contributed by atoms with van der Waals surface area (Å²) in [6.07, 6.45) is 3.89. The number of aryl methyl sites for hydroxylation is 2. The Balaban J connectivity index is 1.93. The van der Waals surface area contributed by atoms with Crippen LogP contribution in [-0.4, -0.2) is 12.1 Å². The molecule has 1 aromatic rings. The molecule has 82 valence electrons. The summed E-state index contributed by atoms with van der Waals surface area (Å²) in [5.74, 6) is 0. The number of hydrogen-bond donors (Lipinski definition) is 1. The molecule has 1 atom stereocenters. The first-order chi connectivity index (χ1) is 7.15. The zero-order chi connectivity index (χ0) is 10.8. The zero-order valence-corrected chi connectivity index (χ0v) is 10.0. The third-order valence-corrected chi connectivity index (χ3v) is 3.21. The monoisotopic (exact) mass is 203 g/mol. The predicted molar refractivity (Wildman–Crippen MR) is 65.2 cm³/mol. The van der Waals surface area contributed by atoms with Crippen molar-refractivity contribution in [3.8, 4) is 0 Å². The molecule has 0 aliphatic heterocycles. The van der Waals surface area contributed by atoms with Crippen molar-refractivity contribution in [3.05, 3.63) is 34.9 Å². The lowest BCUT2D eigenvalue weighted by Gasteiger charge is -2.14. The fourth-order valence-corrected chi connectivity index (χ4v) is 2.00. The Morgan fingerprint density at radius 1 is 1.27 bits per heavy atom. The minimum absolute atomic E-state index is 0.611. The summed E-state index contributed by atoms with van der Waals surface area (Å²) in [4.78, 5) is 0. The van der Waals surface area contributed by atoms with Crippen LogP contribution >= 0.6 is 0 Å². The lowest BCUT2D eigenvalue weighted by atomic mass is 10.0. The van der Waals surface area contributed by atoms with Crippen molar-refractivity contribution in [1.29, 1.82) is 0 Å². The Hall–Kier alpha value is -0.820. The fraction of sp³-hybridized carbons (Fsp3) is 0.571. The fourth-order valence-electron chi connectivity index (χ4n) is 2.00. The SMILES string of the molecule is Cc1ccc(CC(C)NC2CC2)cc1C. The lowest BCUT2D eigenvalue weighted by Crippen LogP contribution is -2.29. The van der Waals surface area contributed by atoms with Gasteiger partial charge in [0, 0.05) is 12.1 Å². The average Bonchev–Trinajstić information content (AvgIpc) is 2.95. The first kappa shape index (κ1) is 10.7. The zero-order valence-electron chi connectivity index (χ0n) is 10.0. The number of benzene rings is 1. The largest absolute Gasteiger partial charge is 0.311 e. The van der Waals surface area contributed by atoms with Crippen molar-refractivity contribution in [2.75, 3.05) is 0 Å². The highest BCUT2D eigenvalue weighted by Gasteiger charge is 2.22. The molecule has 1 nitrogen and oxygen atoms in total. The van der Waals surface area contributed by atoms with Gasteiger partial charge in [0.1, 0.15) is 0 Å². The van der Waals surface area contributed by atoms with Crippen molar-refractivity contribution < 1.29 is 0 Å². The van der Waals surface area contributed by atoms with E-state index in [1.807, 2.05) is 0 Å². The quantitative estimate of drug-likeness (QED) is 0.793. The van der Waals surface area contributed by atoms with Crippen molar-refractivity contribution >= 4 is 0 Å². The van der Waals surface area contributed by atoms with E-state index in [0.717, 1.165) is 12.5 Å². The molecule has 1 N–H and O–H groups in total. The Labute approximate surface area is 92.9 Å². The first-order valence-corrected chi connectivity index (χ1v) is 5.97. The summed E-state index contributed by atoms with van der Waals surface area (Å²) in [5, 5.41) is 3.64. The summed E-state index contributed by atoms with van der Waals surface area (Å²) >= 11 is 0. The minimum Gasteiger partial charge on any atom is -0.311 e. The smallest absolute Gasteiger partial charge is 0.00817 e. The number of hydrogen-bond acceptors (Lipinski definition) is 1. The molecule has 0 bridgehead atoms. The maximum absolute atomic E-state index is 3.64. The third kappa shape index (κ3) is 3.07. The van der Waals surface area contributed by atoms with Crippen LogP contribution in [0.15, 0.2) is 18.2 Å². The molecule has 1 saturated carbocycles. The van der Waals surface area contributed by atoms with Crippen LogP contribution in [0.5, 0.6) is 0 Å². The van der Waals surface area contributed by atoms with E-state index >= 15 is 0 Å². The van der Waals surface area contributed by atoms with Gasteiger partial charge in [-0.1, -0.05) is 18.2 Å². The molecular formula is C14H21N. The van der Waals surface area contributed by atoms with Gasteiger partial charge < -0.3 is 5.32 Å². The highest BCUT2D eigenvalue weighted by atomic mass is 15.0. The normalized spacial score (nSPS) is 17.8. The molecule has 1 heteroatoms. The van der Waals surface area contributed by atoms with Crippen LogP contribution in [0.1, 0.15) is 36.5 Å². The summed E-state index contributed by atoms with van der Waals surface area (Å²) < 4.78 is 0. The molecular weight excluding hydrogens is 182 g/mol. The lowest BCUT2D eigenvalue weighted by molar-refractivity contribution is 0.542. The topological polar surface area (TPSA) is 12.0 Å². The van der Waals surface area contributed by atoms with Crippen LogP contribution in [0.3, 0.4) is 0 Å². The van der Waals surface area contributed by atoms with Gasteiger partial charge in [-0.3, -0.25) is 0 Å². The van der Waals surface area contributed by atoms with Gasteiger partial charge in [0.2, 0.25) is 0 Å². The second-order valence-electron chi connectivity index (χ2n) is 4.96. The van der Waals surface area contributed by atoms with Crippen LogP contribution < -0.4 is 5.32 Å². The first-order valence-electron chi connectivity index (χ1n) is 5.97. The maximum Gasteiger partial charge on any atom is 0.00817 e. The summed E-state index contributed by atoms with van der Waals surface area (Å²) in [6, 6.07) is 8.23. The predicted octanol–water partition coefficient (Wildman–Crippen LogP) is 2.99. The van der Waals surface area contributed by atoms with Crippen LogP contribution in [-0.2, 0) is 6.42 Å². The average molecular weight is 203 g/mol. The molecule has 0 spiro atoms. The Morgan fingerprint density at radius 3 is 2.60 bits per heavy atom. The molecule has 1 aliphatic rings. The molecule has 0 heterocycles. The second-order valence-corrected chi connectivity index (χ2v) is 4.96. The molecule has 0 aromatic heterocycles. The third-order valence-electron chi connectivity index (χ3n) is 3.21. The molecule has 0 saturated heterocycles. The molecule has 0 radical (unpaired) electrons. The highest BCUT2D eigenvalue weighted by molar-refractivity contribution is 5.30. The molecule has 0 amide bonds. The molecule has 1 unspecified atom stereocenters. The minimum atomic E-state index is 0.611. The van der Waals surface area contributed by atoms with Gasteiger partial charge in [0.15, 0.2) is 0 Å². The van der Waals surface area contributed by atoms with E-state index in [-0.39, 0.29) is 0 Å². The summed E-state index contributed by atoms with van der Waals surface area (Å²) in [6.45, 7) is 6.65. The number of nitrogens with one attached hydrogen (secondary N) is 1. The molecule has 1 aromatic carbocycles. The molecule has 1 fully saturated rings. The van der Waals surface area contributed by atoms with Gasteiger partial charge >= 0.3 is 0 Å². The van der Waals surface area contributed by atoms with Gasteiger partial charge in [0.25, 0.3) is 0 Å². The van der Waals surface area contributed by atoms with Gasteiger partial charge in [0.05, 0.1) is 0 Å². The van der Waals surface area contributed by atoms with Crippen LogP contribution in [0.4, 0.5) is 0 Å². The second kappa shape index (κ2) is 4.36. The molecule has 2 rings (SSSR count). The van der Waals surface area contributed by atoms with Crippen LogP contribution in [0.2, 0.25) is 0 Å². The van der Waals surface area contributed by atoms with Crippen LogP contribution in [0, 0.1) is 13.8 Å². The molecule has 15 heavy (non-hydrogen) atoms. The Morgan fingerprint density at radius 2 is 2.00 bits per heavy atom. The van der Waals surface area contributed by atoms with Crippen molar-refractivity contribution in [1.82, 2.24) is 5.32 Å². The van der Waals surface area contributed by atoms with E-state index in [0.29, 0.717) is 6.04 Å². The van der Waals surface area contributed by atoms with Gasteiger partial charge in [-0.05, 0) is 56.7 Å². The van der Waals surface area contributed by atoms with E-state index in [4.69, 9.17) is 0 Å². The van der Waals surface area contributed by atoms with E-state index in [1.165, 1.54) is 29.5 Å². The van der Waals surface area contributed by atoms with E-state index in [1.54, 1.807) is 0 Å². The van der Waals surface area contributed by atoms with Crippen molar-refractivity contribution in [3.63, 3.8) is 0 Å². The van der Waals surface area contributed by atoms with Crippen molar-refractivity contribution in [2.45, 2.75) is 52.1 Å². The van der Waals surface area contributed by atoms with E-state index in [9.17, 15) is 0 Å². The van der Waals surface area contributed by atoms with E-state index in [2.05, 4.69) is 44.3 Å². The maximum atomic E-state index is 3.64. The van der Waals surface area contributed by atoms with Gasteiger partial charge in [-0.2, -0.15) is 0 Å². The molecule has 1 aliphatic carbocycles. The van der Waals surface area contributed by atoms with E-state index < -0.39 is 0 Å². The van der Waals surface area contributed by atoms with Crippen molar-refractivity contribution in [2.24, 2.45) is 0 Å². The van der Waals surface area contributed by atoms with Gasteiger partial charge in [-0.25, -0.2) is 0 Å².